The first-order chi connectivity index (χ1) is 7.86. The van der Waals surface area contributed by atoms with E-state index in [1.807, 2.05) is 0 Å². The van der Waals surface area contributed by atoms with Crippen LogP contribution >= 0.6 is 11.6 Å². The Labute approximate surface area is 104 Å². The standard InChI is InChI=1S/C12H14ClFO3/c1-6(7(2)12(16)17)11(15)10-8(13)4-3-5-9(10)14/h3-7,11,15H,1-2H3,(H,16,17). The lowest BCUT2D eigenvalue weighted by molar-refractivity contribution is -0.144. The van der Waals surface area contributed by atoms with Gasteiger partial charge in [0.1, 0.15) is 5.82 Å². The minimum Gasteiger partial charge on any atom is -0.481 e. The highest BCUT2D eigenvalue weighted by atomic mass is 35.5. The van der Waals surface area contributed by atoms with Crippen molar-refractivity contribution >= 4 is 17.6 Å². The number of carbonyl (C=O) groups is 1. The zero-order chi connectivity index (χ0) is 13.2. The summed E-state index contributed by atoms with van der Waals surface area (Å²) in [7, 11) is 0. The number of aliphatic hydroxyl groups is 1. The number of carboxylic acid groups (broad SMARTS) is 1. The Balaban J connectivity index is 3.04. The molecule has 0 radical (unpaired) electrons. The summed E-state index contributed by atoms with van der Waals surface area (Å²) in [6.45, 7) is 3.01. The Morgan fingerprint density at radius 3 is 2.47 bits per heavy atom. The van der Waals surface area contributed by atoms with Gasteiger partial charge in [-0.25, -0.2) is 4.39 Å². The number of hydrogen-bond acceptors (Lipinski definition) is 2. The zero-order valence-electron chi connectivity index (χ0n) is 9.52. The smallest absolute Gasteiger partial charge is 0.306 e. The minimum absolute atomic E-state index is 0.0465. The van der Waals surface area contributed by atoms with Gasteiger partial charge < -0.3 is 10.2 Å². The van der Waals surface area contributed by atoms with E-state index in [4.69, 9.17) is 16.7 Å². The third-order valence-electron chi connectivity index (χ3n) is 2.97. The van der Waals surface area contributed by atoms with Crippen molar-refractivity contribution in [1.82, 2.24) is 0 Å². The molecule has 3 atom stereocenters. The highest BCUT2D eigenvalue weighted by Gasteiger charge is 2.29. The summed E-state index contributed by atoms with van der Waals surface area (Å²) in [6.07, 6.45) is -1.24. The van der Waals surface area contributed by atoms with Gasteiger partial charge in [0, 0.05) is 10.6 Å². The van der Waals surface area contributed by atoms with Crippen molar-refractivity contribution in [3.63, 3.8) is 0 Å². The van der Waals surface area contributed by atoms with Crippen LogP contribution in [0.25, 0.3) is 0 Å². The molecule has 0 spiro atoms. The molecule has 17 heavy (non-hydrogen) atoms. The summed E-state index contributed by atoms with van der Waals surface area (Å²) in [5.41, 5.74) is -0.0465. The van der Waals surface area contributed by atoms with Gasteiger partial charge in [-0.2, -0.15) is 0 Å². The summed E-state index contributed by atoms with van der Waals surface area (Å²) < 4.78 is 13.5. The quantitative estimate of drug-likeness (QED) is 0.875. The summed E-state index contributed by atoms with van der Waals surface area (Å²) >= 11 is 5.81. The number of carboxylic acids is 1. The molecule has 0 heterocycles. The third kappa shape index (κ3) is 2.96. The Bertz CT molecular complexity index is 402. The van der Waals surface area contributed by atoms with Gasteiger partial charge >= 0.3 is 5.97 Å². The number of rotatable bonds is 4. The molecule has 1 aromatic rings. The topological polar surface area (TPSA) is 57.5 Å². The predicted octanol–water partition coefficient (Wildman–Crippen LogP) is 2.87. The summed E-state index contributed by atoms with van der Waals surface area (Å²) in [5, 5.41) is 18.9. The molecular formula is C12H14ClFO3. The second-order valence-electron chi connectivity index (χ2n) is 4.07. The number of aliphatic hydroxyl groups excluding tert-OH is 1. The monoisotopic (exact) mass is 260 g/mol. The fraction of sp³-hybridized carbons (Fsp3) is 0.417. The maximum absolute atomic E-state index is 13.5. The van der Waals surface area contributed by atoms with Crippen LogP contribution in [0.2, 0.25) is 5.02 Å². The van der Waals surface area contributed by atoms with Crippen molar-refractivity contribution in [3.05, 3.63) is 34.6 Å². The molecule has 2 N–H and O–H groups in total. The van der Waals surface area contributed by atoms with E-state index in [0.29, 0.717) is 0 Å². The molecule has 94 valence electrons. The van der Waals surface area contributed by atoms with Crippen LogP contribution in [-0.2, 0) is 4.79 Å². The van der Waals surface area contributed by atoms with Gasteiger partial charge in [-0.05, 0) is 18.1 Å². The summed E-state index contributed by atoms with van der Waals surface area (Å²) in [4.78, 5) is 10.8. The van der Waals surface area contributed by atoms with Crippen LogP contribution in [0.3, 0.4) is 0 Å². The van der Waals surface area contributed by atoms with E-state index in [9.17, 15) is 14.3 Å². The fourth-order valence-electron chi connectivity index (χ4n) is 1.55. The van der Waals surface area contributed by atoms with E-state index < -0.39 is 29.7 Å². The number of aliphatic carboxylic acids is 1. The Kier molecular flexibility index (Phi) is 4.48. The number of halogens is 2. The third-order valence-corrected chi connectivity index (χ3v) is 3.30. The second kappa shape index (κ2) is 5.47. The molecule has 5 heteroatoms. The van der Waals surface area contributed by atoms with Crippen molar-refractivity contribution in [2.45, 2.75) is 20.0 Å². The van der Waals surface area contributed by atoms with Crippen LogP contribution in [0.5, 0.6) is 0 Å². The maximum Gasteiger partial charge on any atom is 0.306 e. The highest BCUT2D eigenvalue weighted by molar-refractivity contribution is 6.31. The summed E-state index contributed by atoms with van der Waals surface area (Å²) in [6, 6.07) is 4.07. The van der Waals surface area contributed by atoms with Gasteiger partial charge in [0.25, 0.3) is 0 Å². The average Bonchev–Trinajstić information content (AvgIpc) is 2.26. The molecule has 0 amide bonds. The van der Waals surface area contributed by atoms with Gasteiger partial charge in [0.2, 0.25) is 0 Å². The number of benzene rings is 1. The summed E-state index contributed by atoms with van der Waals surface area (Å²) in [5.74, 6) is -3.10. The molecule has 0 aliphatic heterocycles. The van der Waals surface area contributed by atoms with Crippen molar-refractivity contribution in [3.8, 4) is 0 Å². The van der Waals surface area contributed by atoms with Gasteiger partial charge in [-0.15, -0.1) is 0 Å². The molecule has 0 aromatic heterocycles. The zero-order valence-corrected chi connectivity index (χ0v) is 10.3. The van der Waals surface area contributed by atoms with Crippen LogP contribution in [0.15, 0.2) is 18.2 Å². The lowest BCUT2D eigenvalue weighted by Gasteiger charge is -2.23. The van der Waals surface area contributed by atoms with Crippen LogP contribution < -0.4 is 0 Å². The van der Waals surface area contributed by atoms with Gasteiger partial charge in [0.05, 0.1) is 12.0 Å². The van der Waals surface area contributed by atoms with Gasteiger partial charge in [-0.1, -0.05) is 31.5 Å². The lowest BCUT2D eigenvalue weighted by atomic mass is 9.87. The minimum atomic E-state index is -1.24. The lowest BCUT2D eigenvalue weighted by Crippen LogP contribution is -2.24. The molecule has 3 nitrogen and oxygen atoms in total. The largest absolute Gasteiger partial charge is 0.481 e. The molecule has 0 bridgehead atoms. The van der Waals surface area contributed by atoms with Crippen molar-refractivity contribution < 1.29 is 19.4 Å². The van der Waals surface area contributed by atoms with Crippen LogP contribution in [0.1, 0.15) is 25.5 Å². The molecule has 0 fully saturated rings. The SMILES string of the molecule is CC(C(=O)O)C(C)C(O)c1c(F)cccc1Cl. The van der Waals surface area contributed by atoms with Crippen molar-refractivity contribution in [2.75, 3.05) is 0 Å². The molecule has 0 saturated carbocycles. The van der Waals surface area contributed by atoms with E-state index in [1.165, 1.54) is 25.1 Å². The maximum atomic E-state index is 13.5. The van der Waals surface area contributed by atoms with Crippen LogP contribution in [-0.4, -0.2) is 16.2 Å². The first-order valence-corrected chi connectivity index (χ1v) is 5.58. The van der Waals surface area contributed by atoms with Crippen molar-refractivity contribution in [2.24, 2.45) is 11.8 Å². The van der Waals surface area contributed by atoms with Crippen LogP contribution in [0, 0.1) is 17.7 Å². The van der Waals surface area contributed by atoms with E-state index in [1.54, 1.807) is 6.92 Å². The fourth-order valence-corrected chi connectivity index (χ4v) is 1.83. The van der Waals surface area contributed by atoms with E-state index in [-0.39, 0.29) is 10.6 Å². The average molecular weight is 261 g/mol. The Morgan fingerprint density at radius 2 is 2.00 bits per heavy atom. The molecule has 0 saturated heterocycles. The number of hydrogen-bond donors (Lipinski definition) is 2. The van der Waals surface area contributed by atoms with E-state index in [0.717, 1.165) is 0 Å². The first kappa shape index (κ1) is 13.9. The van der Waals surface area contributed by atoms with E-state index in [2.05, 4.69) is 0 Å². The molecule has 1 aromatic carbocycles. The predicted molar refractivity (Wildman–Crippen MR) is 62.3 cm³/mol. The van der Waals surface area contributed by atoms with Gasteiger partial charge in [0.15, 0.2) is 0 Å². The molecule has 3 unspecified atom stereocenters. The Hall–Kier alpha value is -1.13. The molecular weight excluding hydrogens is 247 g/mol. The molecule has 0 aliphatic carbocycles. The second-order valence-corrected chi connectivity index (χ2v) is 4.47. The van der Waals surface area contributed by atoms with E-state index >= 15 is 0 Å². The van der Waals surface area contributed by atoms with Crippen molar-refractivity contribution in [1.29, 1.82) is 0 Å². The Morgan fingerprint density at radius 1 is 1.41 bits per heavy atom. The first-order valence-electron chi connectivity index (χ1n) is 5.21. The molecule has 1 rings (SSSR count). The van der Waals surface area contributed by atoms with Gasteiger partial charge in [-0.3, -0.25) is 4.79 Å². The highest BCUT2D eigenvalue weighted by Crippen LogP contribution is 2.33. The normalized spacial score (nSPS) is 16.3. The van der Waals surface area contributed by atoms with Crippen LogP contribution in [0.4, 0.5) is 4.39 Å². The molecule has 0 aliphatic rings.